The van der Waals surface area contributed by atoms with Gasteiger partial charge in [0.05, 0.1) is 19.8 Å². The molecule has 24 heavy (non-hydrogen) atoms. The van der Waals surface area contributed by atoms with Crippen molar-refractivity contribution >= 4 is 17.5 Å². The SMILES string of the molecule is COc1cc(OC)cc(C(=O)O/N=C(\N)c2cccc(N)c2C)c1. The van der Waals surface area contributed by atoms with Crippen LogP contribution in [0.1, 0.15) is 21.5 Å². The van der Waals surface area contributed by atoms with E-state index in [4.69, 9.17) is 25.8 Å². The number of hydrogen-bond acceptors (Lipinski definition) is 6. The van der Waals surface area contributed by atoms with E-state index in [0.717, 1.165) is 5.56 Å². The van der Waals surface area contributed by atoms with Crippen LogP contribution in [0, 0.1) is 6.92 Å². The summed E-state index contributed by atoms with van der Waals surface area (Å²) in [6, 6.07) is 9.91. The summed E-state index contributed by atoms with van der Waals surface area (Å²) in [6.07, 6.45) is 0. The van der Waals surface area contributed by atoms with Crippen molar-refractivity contribution in [1.29, 1.82) is 0 Å². The van der Waals surface area contributed by atoms with Crippen LogP contribution in [-0.2, 0) is 4.84 Å². The third-order valence-corrected chi connectivity index (χ3v) is 3.47. The predicted molar refractivity (Wildman–Crippen MR) is 91.3 cm³/mol. The van der Waals surface area contributed by atoms with Gasteiger partial charge in [-0.15, -0.1) is 0 Å². The standard InChI is InChI=1S/C17H19N3O4/c1-10-14(5-4-6-15(10)18)16(19)20-24-17(21)11-7-12(22-2)9-13(8-11)23-3/h4-9H,18H2,1-3H3,(H2,19,20). The maximum atomic E-state index is 12.1. The molecule has 4 N–H and O–H groups in total. The molecular weight excluding hydrogens is 310 g/mol. The summed E-state index contributed by atoms with van der Waals surface area (Å²) in [4.78, 5) is 17.1. The smallest absolute Gasteiger partial charge is 0.366 e. The van der Waals surface area contributed by atoms with Crippen LogP contribution in [0.5, 0.6) is 11.5 Å². The van der Waals surface area contributed by atoms with Crippen LogP contribution in [0.4, 0.5) is 5.69 Å². The zero-order valence-corrected chi connectivity index (χ0v) is 13.7. The lowest BCUT2D eigenvalue weighted by Crippen LogP contribution is -2.17. The maximum Gasteiger partial charge on any atom is 0.366 e. The Morgan fingerprint density at radius 2 is 1.71 bits per heavy atom. The van der Waals surface area contributed by atoms with E-state index >= 15 is 0 Å². The predicted octanol–water partition coefficient (Wildman–Crippen LogP) is 2.07. The maximum absolute atomic E-state index is 12.1. The highest BCUT2D eigenvalue weighted by Crippen LogP contribution is 2.23. The quantitative estimate of drug-likeness (QED) is 0.286. The molecule has 7 heteroatoms. The Hall–Kier alpha value is -3.22. The van der Waals surface area contributed by atoms with Crippen LogP contribution in [0.25, 0.3) is 0 Å². The molecule has 2 rings (SSSR count). The second kappa shape index (κ2) is 7.36. The lowest BCUT2D eigenvalue weighted by molar-refractivity contribution is 0.0515. The Morgan fingerprint density at radius 1 is 1.08 bits per heavy atom. The van der Waals surface area contributed by atoms with Crippen molar-refractivity contribution in [2.24, 2.45) is 10.9 Å². The number of carbonyl (C=O) groups excluding carboxylic acids is 1. The Morgan fingerprint density at radius 3 is 2.29 bits per heavy atom. The van der Waals surface area contributed by atoms with Crippen molar-refractivity contribution in [3.8, 4) is 11.5 Å². The number of nitrogens with two attached hydrogens (primary N) is 2. The molecule has 7 nitrogen and oxygen atoms in total. The molecule has 0 amide bonds. The first-order valence-electron chi connectivity index (χ1n) is 7.09. The number of oxime groups is 1. The van der Waals surface area contributed by atoms with Crippen LogP contribution in [0.15, 0.2) is 41.6 Å². The van der Waals surface area contributed by atoms with Crippen LogP contribution in [0.3, 0.4) is 0 Å². The van der Waals surface area contributed by atoms with Crippen molar-refractivity contribution in [3.05, 3.63) is 53.1 Å². The number of nitrogens with zero attached hydrogens (tertiary/aromatic N) is 1. The van der Waals surface area contributed by atoms with E-state index in [0.29, 0.717) is 22.7 Å². The fourth-order valence-electron chi connectivity index (χ4n) is 2.05. The zero-order valence-electron chi connectivity index (χ0n) is 13.7. The molecule has 0 radical (unpaired) electrons. The molecular formula is C17H19N3O4. The van der Waals surface area contributed by atoms with Gasteiger partial charge < -0.3 is 25.8 Å². The fraction of sp³-hybridized carbons (Fsp3) is 0.176. The first kappa shape index (κ1) is 17.1. The molecule has 2 aromatic rings. The molecule has 0 atom stereocenters. The van der Waals surface area contributed by atoms with Gasteiger partial charge in [-0.3, -0.25) is 0 Å². The number of carbonyl (C=O) groups is 1. The largest absolute Gasteiger partial charge is 0.497 e. The number of amidine groups is 1. The van der Waals surface area contributed by atoms with Gasteiger partial charge in [-0.25, -0.2) is 4.79 Å². The van der Waals surface area contributed by atoms with E-state index in [1.54, 1.807) is 24.3 Å². The second-order valence-corrected chi connectivity index (χ2v) is 4.98. The van der Waals surface area contributed by atoms with Gasteiger partial charge in [0.1, 0.15) is 11.5 Å². The third-order valence-electron chi connectivity index (χ3n) is 3.47. The monoisotopic (exact) mass is 329 g/mol. The third kappa shape index (κ3) is 3.75. The number of methoxy groups -OCH3 is 2. The zero-order chi connectivity index (χ0) is 17.7. The lowest BCUT2D eigenvalue weighted by atomic mass is 10.1. The van der Waals surface area contributed by atoms with Gasteiger partial charge in [0, 0.05) is 17.3 Å². The minimum absolute atomic E-state index is 0.0583. The highest BCUT2D eigenvalue weighted by molar-refractivity contribution is 6.00. The Bertz CT molecular complexity index is 765. The van der Waals surface area contributed by atoms with E-state index in [2.05, 4.69) is 5.16 Å². The molecule has 0 unspecified atom stereocenters. The highest BCUT2D eigenvalue weighted by atomic mass is 16.7. The molecule has 0 saturated carbocycles. The first-order chi connectivity index (χ1) is 11.5. The Kier molecular flexibility index (Phi) is 5.26. The molecule has 0 saturated heterocycles. The van der Waals surface area contributed by atoms with Crippen LogP contribution < -0.4 is 20.9 Å². The number of anilines is 1. The number of rotatable bonds is 5. The van der Waals surface area contributed by atoms with Crippen molar-refractivity contribution in [1.82, 2.24) is 0 Å². The number of nitrogen functional groups attached to an aromatic ring is 1. The topological polar surface area (TPSA) is 109 Å². The average Bonchev–Trinajstić information content (AvgIpc) is 2.61. The van der Waals surface area contributed by atoms with Gasteiger partial charge in [-0.1, -0.05) is 17.3 Å². The van der Waals surface area contributed by atoms with Crippen molar-refractivity contribution in [2.75, 3.05) is 20.0 Å². The van der Waals surface area contributed by atoms with E-state index < -0.39 is 5.97 Å². The molecule has 0 fully saturated rings. The number of benzene rings is 2. The summed E-state index contributed by atoms with van der Waals surface area (Å²) < 4.78 is 10.2. The molecule has 0 aliphatic heterocycles. The molecule has 0 heterocycles. The van der Waals surface area contributed by atoms with Crippen molar-refractivity contribution in [3.63, 3.8) is 0 Å². The van der Waals surface area contributed by atoms with Crippen LogP contribution in [-0.4, -0.2) is 26.0 Å². The number of hydrogen-bond donors (Lipinski definition) is 2. The van der Waals surface area contributed by atoms with Crippen molar-refractivity contribution < 1.29 is 19.1 Å². The van der Waals surface area contributed by atoms with Gasteiger partial charge in [0.2, 0.25) is 0 Å². The summed E-state index contributed by atoms with van der Waals surface area (Å²) in [7, 11) is 2.98. The minimum Gasteiger partial charge on any atom is -0.497 e. The summed E-state index contributed by atoms with van der Waals surface area (Å²) >= 11 is 0. The van der Waals surface area contributed by atoms with Gasteiger partial charge in [-0.2, -0.15) is 0 Å². The van der Waals surface area contributed by atoms with Gasteiger partial charge in [0.25, 0.3) is 0 Å². The molecule has 0 aliphatic carbocycles. The second-order valence-electron chi connectivity index (χ2n) is 4.98. The Labute approximate surface area is 139 Å². The van der Waals surface area contributed by atoms with E-state index in [1.807, 2.05) is 6.92 Å². The van der Waals surface area contributed by atoms with E-state index in [1.165, 1.54) is 26.4 Å². The summed E-state index contributed by atoms with van der Waals surface area (Å²) in [5.74, 6) is 0.301. The molecule has 0 aromatic heterocycles. The summed E-state index contributed by atoms with van der Waals surface area (Å²) in [6.45, 7) is 1.81. The van der Waals surface area contributed by atoms with Gasteiger partial charge in [-0.05, 0) is 30.7 Å². The fourth-order valence-corrected chi connectivity index (χ4v) is 2.05. The molecule has 0 aliphatic rings. The highest BCUT2D eigenvalue weighted by Gasteiger charge is 2.13. The summed E-state index contributed by atoms with van der Waals surface area (Å²) in [5.41, 5.74) is 13.9. The molecule has 126 valence electrons. The molecule has 0 bridgehead atoms. The van der Waals surface area contributed by atoms with Crippen LogP contribution in [0.2, 0.25) is 0 Å². The first-order valence-corrected chi connectivity index (χ1v) is 7.09. The lowest BCUT2D eigenvalue weighted by Gasteiger charge is -2.08. The average molecular weight is 329 g/mol. The van der Waals surface area contributed by atoms with Crippen molar-refractivity contribution in [2.45, 2.75) is 6.92 Å². The minimum atomic E-state index is -0.684. The van der Waals surface area contributed by atoms with E-state index in [9.17, 15) is 4.79 Å². The molecule has 0 spiro atoms. The molecule has 2 aromatic carbocycles. The summed E-state index contributed by atoms with van der Waals surface area (Å²) in [5, 5.41) is 3.69. The van der Waals surface area contributed by atoms with Gasteiger partial charge >= 0.3 is 5.97 Å². The van der Waals surface area contributed by atoms with Gasteiger partial charge in [0.15, 0.2) is 5.84 Å². The normalized spacial score (nSPS) is 11.0. The number of ether oxygens (including phenoxy) is 2. The van der Waals surface area contributed by atoms with E-state index in [-0.39, 0.29) is 11.4 Å². The van der Waals surface area contributed by atoms with Crippen LogP contribution >= 0.6 is 0 Å². The Balaban J connectivity index is 2.22.